The molecule has 0 aromatic heterocycles. The van der Waals surface area contributed by atoms with Crippen LogP contribution in [0.3, 0.4) is 0 Å². The predicted molar refractivity (Wildman–Crippen MR) is 73.1 cm³/mol. The minimum absolute atomic E-state index is 0.187. The van der Waals surface area contributed by atoms with Gasteiger partial charge >= 0.3 is 5.97 Å². The molecule has 0 amide bonds. The van der Waals surface area contributed by atoms with Crippen molar-refractivity contribution in [1.29, 1.82) is 0 Å². The van der Waals surface area contributed by atoms with E-state index in [0.717, 1.165) is 16.4 Å². The Labute approximate surface area is 122 Å². The number of carbonyl (C=O) groups is 1. The summed E-state index contributed by atoms with van der Waals surface area (Å²) in [7, 11) is -3.97. The van der Waals surface area contributed by atoms with Crippen molar-refractivity contribution in [3.63, 3.8) is 0 Å². The normalized spacial score (nSPS) is 12.2. The summed E-state index contributed by atoms with van der Waals surface area (Å²) in [5.41, 5.74) is -0.579. The van der Waals surface area contributed by atoms with E-state index in [2.05, 4.69) is 0 Å². The van der Waals surface area contributed by atoms with Crippen molar-refractivity contribution in [3.8, 4) is 0 Å². The highest BCUT2D eigenvalue weighted by Gasteiger charge is 2.28. The lowest BCUT2D eigenvalue weighted by Gasteiger charge is -2.24. The summed E-state index contributed by atoms with van der Waals surface area (Å²) in [6.45, 7) is 5.17. The zero-order valence-electron chi connectivity index (χ0n) is 11.2. The Kier molecular flexibility index (Phi) is 5.12. The first kappa shape index (κ1) is 16.9. The van der Waals surface area contributed by atoms with E-state index < -0.39 is 37.3 Å². The fraction of sp³-hybridized carbons (Fsp3) is 0.417. The van der Waals surface area contributed by atoms with Crippen molar-refractivity contribution in [2.45, 2.75) is 31.7 Å². The van der Waals surface area contributed by atoms with Crippen LogP contribution in [0.2, 0.25) is 5.02 Å². The number of nitrogens with zero attached hydrogens (tertiary/aromatic N) is 1. The van der Waals surface area contributed by atoms with Crippen molar-refractivity contribution in [1.82, 2.24) is 4.31 Å². The van der Waals surface area contributed by atoms with E-state index in [1.165, 1.54) is 0 Å². The minimum atomic E-state index is -3.97. The number of hydrogen-bond donors (Lipinski definition) is 1. The molecule has 20 heavy (non-hydrogen) atoms. The van der Waals surface area contributed by atoms with E-state index in [9.17, 15) is 17.6 Å². The van der Waals surface area contributed by atoms with Crippen LogP contribution in [0.15, 0.2) is 17.0 Å². The monoisotopic (exact) mass is 323 g/mol. The molecular weight excluding hydrogens is 309 g/mol. The molecule has 0 aliphatic heterocycles. The first-order valence-electron chi connectivity index (χ1n) is 5.87. The van der Waals surface area contributed by atoms with Crippen LogP contribution >= 0.6 is 11.6 Å². The van der Waals surface area contributed by atoms with Gasteiger partial charge in [0.05, 0.1) is 15.5 Å². The summed E-state index contributed by atoms with van der Waals surface area (Å²) in [6, 6.07) is 1.26. The summed E-state index contributed by atoms with van der Waals surface area (Å²) in [5, 5.41) is 8.32. The third-order valence-corrected chi connectivity index (χ3v) is 5.24. The maximum Gasteiger partial charge on any atom is 0.337 e. The number of sulfonamides is 1. The maximum absolute atomic E-state index is 13.6. The number of hydrogen-bond acceptors (Lipinski definition) is 3. The molecule has 1 N–H and O–H groups in total. The molecule has 0 radical (unpaired) electrons. The number of halogens is 2. The van der Waals surface area contributed by atoms with E-state index in [4.69, 9.17) is 16.7 Å². The van der Waals surface area contributed by atoms with Crippen LogP contribution in [0, 0.1) is 5.82 Å². The Bertz CT molecular complexity index is 631. The van der Waals surface area contributed by atoms with Crippen LogP contribution in [0.5, 0.6) is 0 Å². The summed E-state index contributed by atoms with van der Waals surface area (Å²) in [5.74, 6) is -2.57. The SMILES string of the molecule is CCN(C(C)C)S(=O)(=O)c1cc(F)c(Cl)c(C(=O)O)c1. The molecule has 0 bridgehead atoms. The van der Waals surface area contributed by atoms with Crippen molar-refractivity contribution >= 4 is 27.6 Å². The van der Waals surface area contributed by atoms with Gasteiger partial charge in [-0.15, -0.1) is 0 Å². The molecule has 0 atom stereocenters. The van der Waals surface area contributed by atoms with E-state index in [-0.39, 0.29) is 12.6 Å². The molecule has 8 heteroatoms. The molecule has 0 aliphatic rings. The fourth-order valence-corrected chi connectivity index (χ4v) is 3.69. The van der Waals surface area contributed by atoms with Crippen molar-refractivity contribution < 1.29 is 22.7 Å². The van der Waals surface area contributed by atoms with Crippen LogP contribution in [-0.2, 0) is 10.0 Å². The van der Waals surface area contributed by atoms with E-state index in [1.807, 2.05) is 0 Å². The van der Waals surface area contributed by atoms with Gasteiger partial charge in [-0.1, -0.05) is 18.5 Å². The Morgan fingerprint density at radius 1 is 1.45 bits per heavy atom. The lowest BCUT2D eigenvalue weighted by molar-refractivity contribution is 0.0696. The van der Waals surface area contributed by atoms with E-state index in [0.29, 0.717) is 0 Å². The zero-order chi connectivity index (χ0) is 15.7. The highest BCUT2D eigenvalue weighted by molar-refractivity contribution is 7.89. The zero-order valence-corrected chi connectivity index (χ0v) is 12.8. The van der Waals surface area contributed by atoms with Gasteiger partial charge in [0.2, 0.25) is 10.0 Å². The molecule has 0 fully saturated rings. The average molecular weight is 324 g/mol. The molecule has 5 nitrogen and oxygen atoms in total. The Morgan fingerprint density at radius 2 is 2.00 bits per heavy atom. The van der Waals surface area contributed by atoms with Crippen molar-refractivity contribution in [3.05, 3.63) is 28.5 Å². The second kappa shape index (κ2) is 6.07. The highest BCUT2D eigenvalue weighted by atomic mass is 35.5. The molecule has 1 rings (SSSR count). The second-order valence-electron chi connectivity index (χ2n) is 4.37. The van der Waals surface area contributed by atoms with Gasteiger partial charge in [-0.05, 0) is 26.0 Å². The largest absolute Gasteiger partial charge is 0.478 e. The molecule has 0 saturated carbocycles. The average Bonchev–Trinajstić information content (AvgIpc) is 2.31. The standard InChI is InChI=1S/C12H15ClFNO4S/c1-4-15(7(2)3)20(18,19)8-5-9(12(16)17)11(13)10(14)6-8/h5-7H,4H2,1-3H3,(H,16,17). The van der Waals surface area contributed by atoms with Crippen LogP contribution < -0.4 is 0 Å². The first-order chi connectivity index (χ1) is 9.12. The lowest BCUT2D eigenvalue weighted by Crippen LogP contribution is -2.36. The van der Waals surface area contributed by atoms with Gasteiger partial charge in [0.1, 0.15) is 5.82 Å². The molecule has 0 saturated heterocycles. The topological polar surface area (TPSA) is 74.7 Å². The summed E-state index contributed by atoms with van der Waals surface area (Å²) < 4.78 is 39.5. The van der Waals surface area contributed by atoms with E-state index in [1.54, 1.807) is 20.8 Å². The minimum Gasteiger partial charge on any atom is -0.478 e. The van der Waals surface area contributed by atoms with Gasteiger partial charge in [-0.25, -0.2) is 17.6 Å². The van der Waals surface area contributed by atoms with Gasteiger partial charge < -0.3 is 5.11 Å². The molecule has 0 spiro atoms. The number of benzene rings is 1. The Morgan fingerprint density at radius 3 is 2.40 bits per heavy atom. The van der Waals surface area contributed by atoms with Crippen LogP contribution in [0.4, 0.5) is 4.39 Å². The smallest absolute Gasteiger partial charge is 0.337 e. The van der Waals surface area contributed by atoms with E-state index >= 15 is 0 Å². The molecular formula is C12H15ClFNO4S. The Hall–Kier alpha value is -1.18. The quantitative estimate of drug-likeness (QED) is 0.903. The second-order valence-corrected chi connectivity index (χ2v) is 6.64. The lowest BCUT2D eigenvalue weighted by atomic mass is 10.2. The first-order valence-corrected chi connectivity index (χ1v) is 7.68. The van der Waals surface area contributed by atoms with Gasteiger partial charge in [-0.2, -0.15) is 4.31 Å². The molecule has 0 aliphatic carbocycles. The summed E-state index contributed by atoms with van der Waals surface area (Å²) in [4.78, 5) is 10.5. The maximum atomic E-state index is 13.6. The van der Waals surface area contributed by atoms with Gasteiger partial charge in [0.15, 0.2) is 0 Å². The molecule has 0 heterocycles. The molecule has 112 valence electrons. The van der Waals surface area contributed by atoms with Gasteiger partial charge in [-0.3, -0.25) is 0 Å². The van der Waals surface area contributed by atoms with Crippen molar-refractivity contribution in [2.24, 2.45) is 0 Å². The van der Waals surface area contributed by atoms with Crippen LogP contribution in [0.1, 0.15) is 31.1 Å². The molecule has 1 aromatic carbocycles. The third-order valence-electron chi connectivity index (χ3n) is 2.73. The van der Waals surface area contributed by atoms with Gasteiger partial charge in [0.25, 0.3) is 0 Å². The predicted octanol–water partition coefficient (Wildman–Crippen LogP) is 2.60. The third kappa shape index (κ3) is 3.11. The summed E-state index contributed by atoms with van der Waals surface area (Å²) >= 11 is 5.52. The fourth-order valence-electron chi connectivity index (χ4n) is 1.82. The van der Waals surface area contributed by atoms with Gasteiger partial charge in [0, 0.05) is 12.6 Å². The highest BCUT2D eigenvalue weighted by Crippen LogP contribution is 2.27. The number of rotatable bonds is 5. The summed E-state index contributed by atoms with van der Waals surface area (Å²) in [6.07, 6.45) is 0. The van der Waals surface area contributed by atoms with Crippen LogP contribution in [0.25, 0.3) is 0 Å². The number of carboxylic acid groups (broad SMARTS) is 1. The molecule has 0 unspecified atom stereocenters. The Balaban J connectivity index is 3.51. The van der Waals surface area contributed by atoms with Crippen LogP contribution in [-0.4, -0.2) is 36.4 Å². The number of aromatic carboxylic acids is 1. The number of carboxylic acids is 1. The van der Waals surface area contributed by atoms with Crippen molar-refractivity contribution in [2.75, 3.05) is 6.54 Å². The molecule has 1 aromatic rings.